The van der Waals surface area contributed by atoms with E-state index in [4.69, 9.17) is 5.11 Å². The minimum absolute atomic E-state index is 0.00912. The molecule has 5 nitrogen and oxygen atoms in total. The Hall–Kier alpha value is -1.34. The number of carboxylic acid groups (broad SMARTS) is 1. The van der Waals surface area contributed by atoms with Gasteiger partial charge in [0.2, 0.25) is 0 Å². The number of carbonyl (C=O) groups is 2. The number of carbonyl (C=O) groups excluding carboxylic acids is 1. The summed E-state index contributed by atoms with van der Waals surface area (Å²) in [5.74, 6) is -1.11. The third-order valence-corrected chi connectivity index (χ3v) is 3.44. The van der Waals surface area contributed by atoms with Gasteiger partial charge in [0.15, 0.2) is 0 Å². The highest BCUT2D eigenvalue weighted by Gasteiger charge is 2.16. The van der Waals surface area contributed by atoms with Crippen molar-refractivity contribution in [1.82, 2.24) is 5.32 Å². The third-order valence-electron chi connectivity index (χ3n) is 2.36. The Labute approximate surface area is 133 Å². The van der Waals surface area contributed by atoms with Gasteiger partial charge >= 0.3 is 12.0 Å². The van der Waals surface area contributed by atoms with Crippen LogP contribution in [0.1, 0.15) is 23.7 Å². The van der Waals surface area contributed by atoms with E-state index in [0.29, 0.717) is 15.5 Å². The fraction of sp³-hybridized carbons (Fsp3) is 0.231. The molecule has 0 spiro atoms. The van der Waals surface area contributed by atoms with Gasteiger partial charge in [-0.2, -0.15) is 0 Å². The molecule has 3 N–H and O–H groups in total. The number of urea groups is 1. The standard InChI is InChI=1S/C13H14Br2N2O3/c1-2-3-4-5-16-13(20)17-11-9(12(18)19)6-8(14)7-10(11)15/h2-3,6-7H,4-5H2,1H3,(H,18,19)(H2,16,17,20)/b3-2+. The van der Waals surface area contributed by atoms with Crippen LogP contribution in [0.15, 0.2) is 33.2 Å². The summed E-state index contributed by atoms with van der Waals surface area (Å²) in [5.41, 5.74) is 0.235. The number of benzene rings is 1. The first-order valence-corrected chi connectivity index (χ1v) is 7.42. The number of aromatic carboxylic acids is 1. The summed E-state index contributed by atoms with van der Waals surface area (Å²) < 4.78 is 1.11. The van der Waals surface area contributed by atoms with Gasteiger partial charge < -0.3 is 15.7 Å². The largest absolute Gasteiger partial charge is 0.478 e. The zero-order valence-electron chi connectivity index (χ0n) is 10.7. The van der Waals surface area contributed by atoms with E-state index in [1.807, 2.05) is 19.1 Å². The van der Waals surface area contributed by atoms with Crippen molar-refractivity contribution in [2.45, 2.75) is 13.3 Å². The smallest absolute Gasteiger partial charge is 0.337 e. The molecule has 7 heteroatoms. The highest BCUT2D eigenvalue weighted by molar-refractivity contribution is 9.11. The Morgan fingerprint density at radius 2 is 2.05 bits per heavy atom. The van der Waals surface area contributed by atoms with Crippen molar-refractivity contribution in [2.75, 3.05) is 11.9 Å². The van der Waals surface area contributed by atoms with Crippen molar-refractivity contribution < 1.29 is 14.7 Å². The maximum Gasteiger partial charge on any atom is 0.337 e. The molecular weight excluding hydrogens is 392 g/mol. The number of amides is 2. The molecule has 0 saturated heterocycles. The van der Waals surface area contributed by atoms with Crippen molar-refractivity contribution in [3.8, 4) is 0 Å². The number of anilines is 1. The van der Waals surface area contributed by atoms with E-state index < -0.39 is 12.0 Å². The van der Waals surface area contributed by atoms with E-state index in [-0.39, 0.29) is 11.3 Å². The van der Waals surface area contributed by atoms with Crippen molar-refractivity contribution in [3.63, 3.8) is 0 Å². The quantitative estimate of drug-likeness (QED) is 0.511. The van der Waals surface area contributed by atoms with Gasteiger partial charge in [-0.3, -0.25) is 0 Å². The molecule has 0 fully saturated rings. The minimum atomic E-state index is -1.11. The molecular formula is C13H14Br2N2O3. The molecule has 1 aromatic rings. The number of rotatable bonds is 5. The normalized spacial score (nSPS) is 10.6. The molecule has 0 radical (unpaired) electrons. The highest BCUT2D eigenvalue weighted by Crippen LogP contribution is 2.30. The van der Waals surface area contributed by atoms with Crippen LogP contribution in [0.3, 0.4) is 0 Å². The van der Waals surface area contributed by atoms with Crippen LogP contribution in [-0.4, -0.2) is 23.7 Å². The van der Waals surface area contributed by atoms with E-state index in [1.54, 1.807) is 6.07 Å². The van der Waals surface area contributed by atoms with Gasteiger partial charge in [-0.25, -0.2) is 9.59 Å². The molecule has 108 valence electrons. The first kappa shape index (κ1) is 16.7. The molecule has 0 aliphatic rings. The van der Waals surface area contributed by atoms with Crippen molar-refractivity contribution in [1.29, 1.82) is 0 Å². The molecule has 0 aliphatic heterocycles. The Balaban J connectivity index is 2.81. The summed E-state index contributed by atoms with van der Waals surface area (Å²) in [6.07, 6.45) is 4.54. The average molecular weight is 406 g/mol. The van der Waals surface area contributed by atoms with Crippen LogP contribution < -0.4 is 10.6 Å². The number of carboxylic acids is 1. The van der Waals surface area contributed by atoms with Gasteiger partial charge in [-0.15, -0.1) is 0 Å². The molecule has 20 heavy (non-hydrogen) atoms. The van der Waals surface area contributed by atoms with E-state index in [0.717, 1.165) is 6.42 Å². The molecule has 0 atom stereocenters. The van der Waals surface area contributed by atoms with Crippen LogP contribution in [-0.2, 0) is 0 Å². The van der Waals surface area contributed by atoms with E-state index >= 15 is 0 Å². The molecule has 1 rings (SSSR count). The van der Waals surface area contributed by atoms with Gasteiger partial charge in [0, 0.05) is 15.5 Å². The molecule has 0 aliphatic carbocycles. The lowest BCUT2D eigenvalue weighted by atomic mass is 10.2. The van der Waals surface area contributed by atoms with Gasteiger partial charge in [-0.05, 0) is 41.4 Å². The van der Waals surface area contributed by atoms with Gasteiger partial charge in [0.05, 0.1) is 11.3 Å². The second-order valence-electron chi connectivity index (χ2n) is 3.85. The van der Waals surface area contributed by atoms with Gasteiger partial charge in [0.1, 0.15) is 0 Å². The van der Waals surface area contributed by atoms with Crippen LogP contribution in [0.2, 0.25) is 0 Å². The van der Waals surface area contributed by atoms with Crippen LogP contribution in [0, 0.1) is 0 Å². The fourth-order valence-corrected chi connectivity index (χ4v) is 2.79. The summed E-state index contributed by atoms with van der Waals surface area (Å²) in [4.78, 5) is 22.9. The number of nitrogens with one attached hydrogen (secondary N) is 2. The summed E-state index contributed by atoms with van der Waals surface area (Å²) in [6, 6.07) is 2.66. The van der Waals surface area contributed by atoms with Crippen molar-refractivity contribution in [2.24, 2.45) is 0 Å². The zero-order valence-corrected chi connectivity index (χ0v) is 13.9. The maximum absolute atomic E-state index is 11.7. The topological polar surface area (TPSA) is 78.4 Å². The summed E-state index contributed by atoms with van der Waals surface area (Å²) in [6.45, 7) is 2.38. The predicted octanol–water partition coefficient (Wildman–Crippen LogP) is 4.00. The predicted molar refractivity (Wildman–Crippen MR) is 85.3 cm³/mol. The van der Waals surface area contributed by atoms with E-state index in [9.17, 15) is 9.59 Å². The molecule has 0 saturated carbocycles. The fourth-order valence-electron chi connectivity index (χ4n) is 1.46. The highest BCUT2D eigenvalue weighted by atomic mass is 79.9. The van der Waals surface area contributed by atoms with Crippen LogP contribution >= 0.6 is 31.9 Å². The monoisotopic (exact) mass is 404 g/mol. The lowest BCUT2D eigenvalue weighted by molar-refractivity contribution is 0.0698. The minimum Gasteiger partial charge on any atom is -0.478 e. The number of allylic oxidation sites excluding steroid dienone is 1. The number of hydrogen-bond donors (Lipinski definition) is 3. The summed E-state index contributed by atoms with van der Waals surface area (Å²) >= 11 is 6.45. The second-order valence-corrected chi connectivity index (χ2v) is 5.62. The lowest BCUT2D eigenvalue weighted by Gasteiger charge is -2.12. The number of halogens is 2. The first-order chi connectivity index (χ1) is 9.45. The van der Waals surface area contributed by atoms with Crippen LogP contribution in [0.4, 0.5) is 10.5 Å². The SMILES string of the molecule is C/C=C/CCNC(=O)Nc1c(Br)cc(Br)cc1C(=O)O. The lowest BCUT2D eigenvalue weighted by Crippen LogP contribution is -2.30. The first-order valence-electron chi connectivity index (χ1n) is 5.84. The molecule has 0 unspecified atom stereocenters. The Kier molecular flexibility index (Phi) is 6.74. The van der Waals surface area contributed by atoms with E-state index in [2.05, 4.69) is 42.5 Å². The molecule has 0 heterocycles. The number of hydrogen-bond acceptors (Lipinski definition) is 2. The second kappa shape index (κ2) is 8.06. The van der Waals surface area contributed by atoms with Crippen LogP contribution in [0.25, 0.3) is 0 Å². The summed E-state index contributed by atoms with van der Waals surface area (Å²) in [5, 5.41) is 14.3. The average Bonchev–Trinajstić information content (AvgIpc) is 2.37. The molecule has 0 bridgehead atoms. The molecule has 2 amide bonds. The van der Waals surface area contributed by atoms with Crippen LogP contribution in [0.5, 0.6) is 0 Å². The zero-order chi connectivity index (χ0) is 15.1. The molecule has 1 aromatic carbocycles. The third kappa shape index (κ3) is 4.97. The maximum atomic E-state index is 11.7. The summed E-state index contributed by atoms with van der Waals surface area (Å²) in [7, 11) is 0. The Morgan fingerprint density at radius 3 is 2.65 bits per heavy atom. The van der Waals surface area contributed by atoms with E-state index in [1.165, 1.54) is 6.07 Å². The Bertz CT molecular complexity index is 545. The Morgan fingerprint density at radius 1 is 1.35 bits per heavy atom. The van der Waals surface area contributed by atoms with Crippen molar-refractivity contribution >= 4 is 49.5 Å². The van der Waals surface area contributed by atoms with Gasteiger partial charge in [-0.1, -0.05) is 28.1 Å². The van der Waals surface area contributed by atoms with Gasteiger partial charge in [0.25, 0.3) is 0 Å². The molecule has 0 aromatic heterocycles. The van der Waals surface area contributed by atoms with Crippen molar-refractivity contribution in [3.05, 3.63) is 38.8 Å².